The van der Waals surface area contributed by atoms with Crippen LogP contribution in [0.15, 0.2) is 24.3 Å². The molecule has 0 spiro atoms. The first-order valence-corrected chi connectivity index (χ1v) is 5.82. The lowest BCUT2D eigenvalue weighted by Gasteiger charge is -2.08. The standard InChI is InChI=1S/C12H17N3O2/c1-10(2)16-8-5-9-17-15-12-7-4-3-6-11(12)13-14-15/h3-4,6-7,10H,5,8-9H2,1-2H3. The van der Waals surface area contributed by atoms with E-state index < -0.39 is 0 Å². The highest BCUT2D eigenvalue weighted by Crippen LogP contribution is 2.07. The second-order valence-corrected chi connectivity index (χ2v) is 4.06. The van der Waals surface area contributed by atoms with E-state index >= 15 is 0 Å². The van der Waals surface area contributed by atoms with Crippen LogP contribution in [-0.4, -0.2) is 34.5 Å². The molecule has 2 rings (SSSR count). The van der Waals surface area contributed by atoms with Gasteiger partial charge >= 0.3 is 0 Å². The van der Waals surface area contributed by atoms with Crippen molar-refractivity contribution in [2.45, 2.75) is 26.4 Å². The van der Waals surface area contributed by atoms with Crippen LogP contribution in [0.25, 0.3) is 11.0 Å². The number of para-hydroxylation sites is 1. The number of hydrogen-bond donors (Lipinski definition) is 0. The molecule has 0 fully saturated rings. The maximum Gasteiger partial charge on any atom is 0.130 e. The Bertz CT molecular complexity index is 467. The zero-order valence-electron chi connectivity index (χ0n) is 10.2. The normalized spacial score (nSPS) is 11.2. The fourth-order valence-corrected chi connectivity index (χ4v) is 1.47. The van der Waals surface area contributed by atoms with E-state index in [1.807, 2.05) is 38.1 Å². The minimum atomic E-state index is 0.266. The first-order valence-electron chi connectivity index (χ1n) is 5.82. The Labute approximate surface area is 100 Å². The van der Waals surface area contributed by atoms with E-state index in [0.29, 0.717) is 13.2 Å². The van der Waals surface area contributed by atoms with Gasteiger partial charge < -0.3 is 9.57 Å². The number of benzene rings is 1. The molecule has 0 aliphatic carbocycles. The summed E-state index contributed by atoms with van der Waals surface area (Å²) in [7, 11) is 0. The highest BCUT2D eigenvalue weighted by molar-refractivity contribution is 5.73. The van der Waals surface area contributed by atoms with Gasteiger partial charge in [-0.3, -0.25) is 0 Å². The molecule has 0 radical (unpaired) electrons. The smallest absolute Gasteiger partial charge is 0.130 e. The predicted molar refractivity (Wildman–Crippen MR) is 64.7 cm³/mol. The summed E-state index contributed by atoms with van der Waals surface area (Å²) in [6.45, 7) is 5.31. The van der Waals surface area contributed by atoms with Crippen molar-refractivity contribution in [2.75, 3.05) is 13.2 Å². The van der Waals surface area contributed by atoms with Crippen molar-refractivity contribution in [3.63, 3.8) is 0 Å². The van der Waals surface area contributed by atoms with Gasteiger partial charge in [-0.25, -0.2) is 0 Å². The van der Waals surface area contributed by atoms with Crippen molar-refractivity contribution in [1.82, 2.24) is 15.2 Å². The van der Waals surface area contributed by atoms with Crippen molar-refractivity contribution < 1.29 is 9.57 Å². The lowest BCUT2D eigenvalue weighted by atomic mass is 10.3. The summed E-state index contributed by atoms with van der Waals surface area (Å²) in [6.07, 6.45) is 1.11. The van der Waals surface area contributed by atoms with Crippen LogP contribution in [-0.2, 0) is 4.74 Å². The van der Waals surface area contributed by atoms with Gasteiger partial charge in [0.25, 0.3) is 0 Å². The van der Waals surface area contributed by atoms with Crippen molar-refractivity contribution in [3.8, 4) is 0 Å². The van der Waals surface area contributed by atoms with E-state index in [9.17, 15) is 0 Å². The summed E-state index contributed by atoms with van der Waals surface area (Å²) >= 11 is 0. The average Bonchev–Trinajstić information content (AvgIpc) is 2.72. The molecule has 0 aliphatic rings. The summed E-state index contributed by atoms with van der Waals surface area (Å²) in [5.41, 5.74) is 1.73. The van der Waals surface area contributed by atoms with Gasteiger partial charge in [-0.2, -0.15) is 0 Å². The monoisotopic (exact) mass is 235 g/mol. The first-order chi connectivity index (χ1) is 8.27. The van der Waals surface area contributed by atoms with E-state index in [2.05, 4.69) is 10.3 Å². The molecule has 0 saturated carbocycles. The molecule has 0 N–H and O–H groups in total. The molecule has 0 bridgehead atoms. The molecule has 0 unspecified atom stereocenters. The lowest BCUT2D eigenvalue weighted by molar-refractivity contribution is 0.0386. The largest absolute Gasteiger partial charge is 0.395 e. The summed E-state index contributed by atoms with van der Waals surface area (Å²) < 4.78 is 5.42. The second kappa shape index (κ2) is 5.63. The van der Waals surface area contributed by atoms with Crippen LogP contribution in [0, 0.1) is 0 Å². The van der Waals surface area contributed by atoms with Crippen molar-refractivity contribution in [2.24, 2.45) is 0 Å². The fraction of sp³-hybridized carbons (Fsp3) is 0.500. The van der Waals surface area contributed by atoms with Crippen LogP contribution in [0.3, 0.4) is 0 Å². The number of aromatic nitrogens is 3. The molecule has 92 valence electrons. The first kappa shape index (κ1) is 11.9. The highest BCUT2D eigenvalue weighted by atomic mass is 16.7. The number of ether oxygens (including phenoxy) is 1. The molecule has 1 heterocycles. The molecule has 1 aromatic carbocycles. The van der Waals surface area contributed by atoms with Gasteiger partial charge in [-0.1, -0.05) is 17.0 Å². The molecule has 5 heteroatoms. The van der Waals surface area contributed by atoms with Gasteiger partial charge in [0.1, 0.15) is 17.6 Å². The van der Waals surface area contributed by atoms with Crippen molar-refractivity contribution >= 4 is 11.0 Å². The lowest BCUT2D eigenvalue weighted by Crippen LogP contribution is -2.16. The number of nitrogens with zero attached hydrogens (tertiary/aromatic N) is 3. The zero-order valence-corrected chi connectivity index (χ0v) is 10.2. The Hall–Kier alpha value is -1.62. The molecule has 1 aromatic heterocycles. The summed E-state index contributed by atoms with van der Waals surface area (Å²) in [5, 5.41) is 7.93. The van der Waals surface area contributed by atoms with E-state index in [0.717, 1.165) is 17.5 Å². The second-order valence-electron chi connectivity index (χ2n) is 4.06. The van der Waals surface area contributed by atoms with Crippen LogP contribution in [0.2, 0.25) is 0 Å². The van der Waals surface area contributed by atoms with Gasteiger partial charge in [0.15, 0.2) is 0 Å². The molecule has 0 amide bonds. The minimum absolute atomic E-state index is 0.266. The minimum Gasteiger partial charge on any atom is -0.395 e. The quantitative estimate of drug-likeness (QED) is 0.715. The summed E-state index contributed by atoms with van der Waals surface area (Å²) in [5.74, 6) is 0. The molecular formula is C12H17N3O2. The van der Waals surface area contributed by atoms with Crippen LogP contribution in [0.5, 0.6) is 0 Å². The van der Waals surface area contributed by atoms with Gasteiger partial charge in [-0.15, -0.1) is 5.10 Å². The van der Waals surface area contributed by atoms with E-state index in [1.165, 1.54) is 4.85 Å². The third-order valence-corrected chi connectivity index (χ3v) is 2.27. The molecule has 17 heavy (non-hydrogen) atoms. The maximum atomic E-state index is 5.50. The molecule has 5 nitrogen and oxygen atoms in total. The summed E-state index contributed by atoms with van der Waals surface area (Å²) in [6, 6.07) is 7.70. The van der Waals surface area contributed by atoms with Gasteiger partial charge in [0, 0.05) is 6.42 Å². The Kier molecular flexibility index (Phi) is 3.93. The fourth-order valence-electron chi connectivity index (χ4n) is 1.47. The van der Waals surface area contributed by atoms with Crippen LogP contribution >= 0.6 is 0 Å². The van der Waals surface area contributed by atoms with Gasteiger partial charge in [0.05, 0.1) is 12.7 Å². The summed E-state index contributed by atoms with van der Waals surface area (Å²) in [4.78, 5) is 6.97. The molecular weight excluding hydrogens is 218 g/mol. The van der Waals surface area contributed by atoms with Crippen LogP contribution in [0.4, 0.5) is 0 Å². The van der Waals surface area contributed by atoms with Crippen LogP contribution < -0.4 is 4.84 Å². The number of hydrogen-bond acceptors (Lipinski definition) is 4. The topological polar surface area (TPSA) is 49.2 Å². The molecule has 2 aromatic rings. The van der Waals surface area contributed by atoms with E-state index in [-0.39, 0.29) is 6.10 Å². The Morgan fingerprint density at radius 2 is 2.06 bits per heavy atom. The zero-order chi connectivity index (χ0) is 12.1. The Morgan fingerprint density at radius 3 is 2.88 bits per heavy atom. The Balaban J connectivity index is 1.83. The molecule has 0 aliphatic heterocycles. The number of fused-ring (bicyclic) bond motifs is 1. The third kappa shape index (κ3) is 3.17. The third-order valence-electron chi connectivity index (χ3n) is 2.27. The molecule has 0 atom stereocenters. The average molecular weight is 235 g/mol. The van der Waals surface area contributed by atoms with E-state index in [1.54, 1.807) is 0 Å². The SMILES string of the molecule is CC(C)OCCCOn1nnc2ccccc21. The van der Waals surface area contributed by atoms with Gasteiger partial charge in [0.2, 0.25) is 0 Å². The van der Waals surface area contributed by atoms with Crippen molar-refractivity contribution in [3.05, 3.63) is 24.3 Å². The Morgan fingerprint density at radius 1 is 1.24 bits per heavy atom. The predicted octanol–water partition coefficient (Wildman–Crippen LogP) is 1.67. The maximum absolute atomic E-state index is 5.50. The van der Waals surface area contributed by atoms with Gasteiger partial charge in [-0.05, 0) is 31.2 Å². The van der Waals surface area contributed by atoms with E-state index in [4.69, 9.17) is 9.57 Å². The van der Waals surface area contributed by atoms with Crippen molar-refractivity contribution in [1.29, 1.82) is 0 Å². The highest BCUT2D eigenvalue weighted by Gasteiger charge is 2.03. The van der Waals surface area contributed by atoms with Crippen LogP contribution in [0.1, 0.15) is 20.3 Å². The molecule has 0 saturated heterocycles. The number of rotatable bonds is 6.